The van der Waals surface area contributed by atoms with Crippen LogP contribution < -0.4 is 4.90 Å². The van der Waals surface area contributed by atoms with Crippen molar-refractivity contribution in [1.29, 1.82) is 0 Å². The van der Waals surface area contributed by atoms with Gasteiger partial charge in [0.05, 0.1) is 28.5 Å². The van der Waals surface area contributed by atoms with Crippen molar-refractivity contribution in [1.82, 2.24) is 24.6 Å². The minimum Gasteiger partial charge on any atom is -0.352 e. The van der Waals surface area contributed by atoms with E-state index in [1.54, 1.807) is 40.7 Å². The summed E-state index contributed by atoms with van der Waals surface area (Å²) in [5.41, 5.74) is 2.03. The van der Waals surface area contributed by atoms with Gasteiger partial charge in [-0.3, -0.25) is 4.79 Å². The average Bonchev–Trinajstić information content (AvgIpc) is 3.40. The lowest BCUT2D eigenvalue weighted by atomic mass is 10.2. The van der Waals surface area contributed by atoms with Gasteiger partial charge in [0.15, 0.2) is 0 Å². The molecule has 0 unspecified atom stereocenters. The molecule has 7 nitrogen and oxygen atoms in total. The van der Waals surface area contributed by atoms with Gasteiger partial charge in [0, 0.05) is 26.2 Å². The number of piperazine rings is 1. The van der Waals surface area contributed by atoms with E-state index in [2.05, 4.69) is 20.0 Å². The second-order valence-corrected chi connectivity index (χ2v) is 8.04. The van der Waals surface area contributed by atoms with E-state index in [1.165, 1.54) is 12.1 Å². The van der Waals surface area contributed by atoms with Gasteiger partial charge in [-0.05, 0) is 42.6 Å². The summed E-state index contributed by atoms with van der Waals surface area (Å²) in [7, 11) is 0. The zero-order valence-corrected chi connectivity index (χ0v) is 17.1. The monoisotopic (exact) mass is 422 g/mol. The molecule has 0 atom stereocenters. The lowest BCUT2D eigenvalue weighted by molar-refractivity contribution is 0.0746. The second-order valence-electron chi connectivity index (χ2n) is 7.15. The minimum atomic E-state index is -0.304. The molecule has 3 aromatic heterocycles. The van der Waals surface area contributed by atoms with Crippen molar-refractivity contribution in [3.63, 3.8) is 0 Å². The molecule has 1 aliphatic rings. The number of thiophene rings is 1. The summed E-state index contributed by atoms with van der Waals surface area (Å²) in [6.45, 7) is 4.48. The predicted molar refractivity (Wildman–Crippen MR) is 114 cm³/mol. The fourth-order valence-electron chi connectivity index (χ4n) is 3.78. The first-order valence-corrected chi connectivity index (χ1v) is 10.5. The molecule has 4 heterocycles. The van der Waals surface area contributed by atoms with Crippen LogP contribution in [0.2, 0.25) is 0 Å². The first kappa shape index (κ1) is 18.7. The normalized spacial score (nSPS) is 14.5. The van der Waals surface area contributed by atoms with Crippen molar-refractivity contribution in [3.8, 4) is 5.69 Å². The van der Waals surface area contributed by atoms with Crippen molar-refractivity contribution in [3.05, 3.63) is 65.3 Å². The topological polar surface area (TPSA) is 67.2 Å². The molecular weight excluding hydrogens is 403 g/mol. The number of carbonyl (C=O) groups excluding carboxylic acids is 1. The van der Waals surface area contributed by atoms with Crippen LogP contribution in [0.4, 0.5) is 10.2 Å². The summed E-state index contributed by atoms with van der Waals surface area (Å²) >= 11 is 1.60. The average molecular weight is 422 g/mol. The van der Waals surface area contributed by atoms with Crippen LogP contribution in [0.25, 0.3) is 15.9 Å². The van der Waals surface area contributed by atoms with Crippen molar-refractivity contribution in [2.45, 2.75) is 6.92 Å². The van der Waals surface area contributed by atoms with Crippen LogP contribution in [0.1, 0.15) is 16.1 Å². The molecule has 5 rings (SSSR count). The Morgan fingerprint density at radius 2 is 1.83 bits per heavy atom. The van der Waals surface area contributed by atoms with E-state index in [-0.39, 0.29) is 11.7 Å². The van der Waals surface area contributed by atoms with Gasteiger partial charge in [0.1, 0.15) is 22.8 Å². The molecule has 30 heavy (non-hydrogen) atoms. The Bertz CT molecular complexity index is 1210. The Balaban J connectivity index is 1.32. The van der Waals surface area contributed by atoms with E-state index in [0.29, 0.717) is 31.7 Å². The van der Waals surface area contributed by atoms with Crippen LogP contribution in [0.15, 0.2) is 48.2 Å². The van der Waals surface area contributed by atoms with Gasteiger partial charge in [-0.25, -0.2) is 19.0 Å². The first-order valence-electron chi connectivity index (χ1n) is 9.65. The fraction of sp³-hybridized carbons (Fsp3) is 0.238. The third-order valence-electron chi connectivity index (χ3n) is 5.42. The number of rotatable bonds is 3. The van der Waals surface area contributed by atoms with E-state index >= 15 is 0 Å². The van der Waals surface area contributed by atoms with Crippen molar-refractivity contribution < 1.29 is 9.18 Å². The molecule has 0 N–H and O–H groups in total. The highest BCUT2D eigenvalue weighted by molar-refractivity contribution is 7.16. The third kappa shape index (κ3) is 3.21. The second kappa shape index (κ2) is 7.49. The van der Waals surface area contributed by atoms with Gasteiger partial charge >= 0.3 is 0 Å². The Morgan fingerprint density at radius 1 is 1.07 bits per heavy atom. The Labute approximate surface area is 176 Å². The number of nitrogens with zero attached hydrogens (tertiary/aromatic N) is 6. The minimum absolute atomic E-state index is 0.0381. The number of halogens is 1. The number of hydrogen-bond acceptors (Lipinski definition) is 6. The highest BCUT2D eigenvalue weighted by atomic mass is 32.1. The Hall–Kier alpha value is -3.33. The van der Waals surface area contributed by atoms with Gasteiger partial charge < -0.3 is 9.80 Å². The smallest absolute Gasteiger partial charge is 0.257 e. The maximum Gasteiger partial charge on any atom is 0.257 e. The van der Waals surface area contributed by atoms with Gasteiger partial charge in [-0.15, -0.1) is 11.3 Å². The van der Waals surface area contributed by atoms with Gasteiger partial charge in [-0.2, -0.15) is 5.10 Å². The summed E-state index contributed by atoms with van der Waals surface area (Å²) in [5, 5.41) is 7.42. The van der Waals surface area contributed by atoms with Crippen LogP contribution in [0.5, 0.6) is 0 Å². The highest BCUT2D eigenvalue weighted by Crippen LogP contribution is 2.27. The van der Waals surface area contributed by atoms with E-state index in [9.17, 15) is 9.18 Å². The summed E-state index contributed by atoms with van der Waals surface area (Å²) in [6.07, 6.45) is 3.19. The maximum atomic E-state index is 13.2. The van der Waals surface area contributed by atoms with Crippen LogP contribution in [-0.4, -0.2) is 56.7 Å². The van der Waals surface area contributed by atoms with Crippen LogP contribution >= 0.6 is 11.3 Å². The zero-order valence-electron chi connectivity index (χ0n) is 16.3. The molecule has 0 aliphatic carbocycles. The Morgan fingerprint density at radius 3 is 2.60 bits per heavy atom. The van der Waals surface area contributed by atoms with E-state index < -0.39 is 0 Å². The molecule has 152 valence electrons. The van der Waals surface area contributed by atoms with Crippen LogP contribution in [0, 0.1) is 12.7 Å². The van der Waals surface area contributed by atoms with Gasteiger partial charge in [-0.1, -0.05) is 0 Å². The number of amides is 1. The standard InChI is InChI=1S/C21H19FN6OS/c1-14-18(12-25-28(14)16-4-2-15(22)3-5-16)21(29)27-9-7-26(8-10-27)19-17-6-11-30-20(17)24-13-23-19/h2-6,11-13H,7-10H2,1H3. The predicted octanol–water partition coefficient (Wildman–Crippen LogP) is 3.29. The van der Waals surface area contributed by atoms with E-state index in [0.717, 1.165) is 27.4 Å². The van der Waals surface area contributed by atoms with Gasteiger partial charge in [0.2, 0.25) is 0 Å². The number of fused-ring (bicyclic) bond motifs is 1. The number of anilines is 1. The molecular formula is C21H19FN6OS. The number of aromatic nitrogens is 4. The molecule has 0 spiro atoms. The fourth-order valence-corrected chi connectivity index (χ4v) is 4.51. The number of hydrogen-bond donors (Lipinski definition) is 0. The number of carbonyl (C=O) groups is 1. The highest BCUT2D eigenvalue weighted by Gasteiger charge is 2.26. The van der Waals surface area contributed by atoms with Crippen molar-refractivity contribution in [2.75, 3.05) is 31.1 Å². The molecule has 1 aliphatic heterocycles. The summed E-state index contributed by atoms with van der Waals surface area (Å²) in [5.74, 6) is 0.582. The molecule has 1 aromatic carbocycles. The molecule has 1 amide bonds. The Kier molecular flexibility index (Phi) is 4.66. The van der Waals surface area contributed by atoms with Crippen LogP contribution in [0.3, 0.4) is 0 Å². The maximum absolute atomic E-state index is 13.2. The molecule has 1 saturated heterocycles. The molecule has 4 aromatic rings. The molecule has 0 saturated carbocycles. The number of benzene rings is 1. The molecule has 0 bridgehead atoms. The molecule has 9 heteroatoms. The van der Waals surface area contributed by atoms with Crippen molar-refractivity contribution in [2.24, 2.45) is 0 Å². The summed E-state index contributed by atoms with van der Waals surface area (Å²) in [6, 6.07) is 8.11. The SMILES string of the molecule is Cc1c(C(=O)N2CCN(c3ncnc4sccc34)CC2)cnn1-c1ccc(F)cc1. The van der Waals surface area contributed by atoms with Crippen LogP contribution in [-0.2, 0) is 0 Å². The lowest BCUT2D eigenvalue weighted by Gasteiger charge is -2.35. The van der Waals surface area contributed by atoms with Gasteiger partial charge in [0.25, 0.3) is 5.91 Å². The molecule has 0 radical (unpaired) electrons. The zero-order chi connectivity index (χ0) is 20.7. The quantitative estimate of drug-likeness (QED) is 0.507. The van der Waals surface area contributed by atoms with E-state index in [4.69, 9.17) is 0 Å². The van der Waals surface area contributed by atoms with Crippen molar-refractivity contribution >= 4 is 33.3 Å². The summed E-state index contributed by atoms with van der Waals surface area (Å²) in [4.78, 5) is 26.9. The molecule has 1 fully saturated rings. The van der Waals surface area contributed by atoms with E-state index in [1.807, 2.05) is 23.3 Å². The third-order valence-corrected chi connectivity index (χ3v) is 6.24. The lowest BCUT2D eigenvalue weighted by Crippen LogP contribution is -2.49. The first-order chi connectivity index (χ1) is 14.6. The summed E-state index contributed by atoms with van der Waals surface area (Å²) < 4.78 is 14.9. The largest absolute Gasteiger partial charge is 0.352 e.